The van der Waals surface area contributed by atoms with E-state index in [4.69, 9.17) is 16.6 Å². The van der Waals surface area contributed by atoms with Gasteiger partial charge in [-0.15, -0.1) is 0 Å². The van der Waals surface area contributed by atoms with Crippen LogP contribution in [0.15, 0.2) is 201 Å². The number of azide groups is 6. The highest BCUT2D eigenvalue weighted by molar-refractivity contribution is 6.33. The lowest BCUT2D eigenvalue weighted by Crippen LogP contribution is -2.24. The molecule has 0 amide bonds. The molecule has 8 aromatic carbocycles. The maximum atomic E-state index is 9.32. The molecule has 12 aromatic rings. The third-order valence-corrected chi connectivity index (χ3v) is 15.4. The standard InChI is InChI=1S/C31H20N12.C28H20N12/c32-38-35-13-16-41-24-10-4-1-7-20(24)19-23-29(41)27-22-9-3-6-12-26(22)43(18-15-37-40-34)31(27)28-21-8-2-5-11-25(21)42(30(23)28)17-14-36-39-33;29-35-32-14-38-21-10-4-1-7-17(21)13-20-26(38)24-19-9-3-6-12-23(19)40(16-34-37-31)28(24)25-18-8-2-5-11-22(18)39(27(20)25)15-33-36-30/h1-18H,19H2;1-12H,13-16H2/b16-13+,17-14+,18-15+;. The zero-order valence-corrected chi connectivity index (χ0v) is 43.6. The fourth-order valence-electron chi connectivity index (χ4n) is 12.6. The van der Waals surface area contributed by atoms with Gasteiger partial charge in [0.05, 0.1) is 44.5 Å². The van der Waals surface area contributed by atoms with Gasteiger partial charge in [0.1, 0.15) is 20.0 Å². The zero-order chi connectivity index (χ0) is 56.6. The number of benzene rings is 8. The summed E-state index contributed by atoms with van der Waals surface area (Å²) in [6.07, 6.45) is 10.9. The number of anilines is 4. The fraction of sp³-hybridized carbons (Fsp3) is 0.0847. The van der Waals surface area contributed by atoms with Crippen molar-refractivity contribution < 1.29 is 0 Å². The van der Waals surface area contributed by atoms with Crippen LogP contribution in [0.4, 0.5) is 22.7 Å². The molecule has 0 spiro atoms. The van der Waals surface area contributed by atoms with Crippen molar-refractivity contribution in [2.75, 3.05) is 16.5 Å². The van der Waals surface area contributed by atoms with E-state index in [0.717, 1.165) is 132 Å². The lowest BCUT2D eigenvalue weighted by molar-refractivity contribution is 0.776. The van der Waals surface area contributed by atoms with Crippen molar-refractivity contribution in [1.29, 1.82) is 0 Å². The van der Waals surface area contributed by atoms with Crippen molar-refractivity contribution in [3.05, 3.63) is 255 Å². The molecule has 24 heteroatoms. The summed E-state index contributed by atoms with van der Waals surface area (Å²) in [5.74, 6) is 0. The van der Waals surface area contributed by atoms with Gasteiger partial charge in [-0.25, -0.2) is 0 Å². The van der Waals surface area contributed by atoms with E-state index >= 15 is 0 Å². The maximum Gasteiger partial charge on any atom is 0.102 e. The smallest absolute Gasteiger partial charge is 0.102 e. The van der Waals surface area contributed by atoms with Gasteiger partial charge >= 0.3 is 0 Å². The van der Waals surface area contributed by atoms with Gasteiger partial charge in [-0.05, 0) is 80.7 Å². The molecule has 2 aliphatic rings. The summed E-state index contributed by atoms with van der Waals surface area (Å²) in [6.45, 7) is 0.289. The van der Waals surface area contributed by atoms with E-state index in [1.807, 2.05) is 118 Å². The molecule has 0 fully saturated rings. The molecule has 0 atom stereocenters. The number of fused-ring (bicyclic) bond motifs is 22. The van der Waals surface area contributed by atoms with E-state index in [0.29, 0.717) is 12.8 Å². The molecule has 83 heavy (non-hydrogen) atoms. The maximum absolute atomic E-state index is 9.32. The molecule has 0 saturated heterocycles. The van der Waals surface area contributed by atoms with Crippen LogP contribution in [0.1, 0.15) is 22.3 Å². The Balaban J connectivity index is 0.000000156. The second kappa shape index (κ2) is 21.1. The Morgan fingerprint density at radius 2 is 0.783 bits per heavy atom. The topological polar surface area (TPSA) is 319 Å². The molecule has 24 nitrogen and oxygen atoms in total. The van der Waals surface area contributed by atoms with E-state index in [1.54, 1.807) is 18.6 Å². The molecule has 0 saturated carbocycles. The first kappa shape index (κ1) is 50.2. The van der Waals surface area contributed by atoms with Gasteiger partial charge < -0.3 is 28.1 Å². The Hall–Kier alpha value is -12.4. The third kappa shape index (κ3) is 7.91. The molecule has 0 radical (unpaired) electrons. The summed E-state index contributed by atoms with van der Waals surface area (Å²) in [4.78, 5) is 22.1. The minimum atomic E-state index is 0.0908. The van der Waals surface area contributed by atoms with Crippen molar-refractivity contribution in [1.82, 2.24) is 18.3 Å². The zero-order valence-electron chi connectivity index (χ0n) is 43.6. The van der Waals surface area contributed by atoms with E-state index in [1.165, 1.54) is 18.6 Å². The van der Waals surface area contributed by atoms with Crippen LogP contribution in [0, 0.1) is 0 Å². The summed E-state index contributed by atoms with van der Waals surface area (Å²) >= 11 is 0. The predicted molar refractivity (Wildman–Crippen MR) is 327 cm³/mol. The summed E-state index contributed by atoms with van der Waals surface area (Å²) in [6, 6.07) is 48.5. The number of nitrogens with zero attached hydrogens (tertiary/aromatic N) is 24. The molecule has 6 heterocycles. The van der Waals surface area contributed by atoms with Crippen LogP contribution in [0.25, 0.3) is 162 Å². The van der Waals surface area contributed by atoms with Crippen molar-refractivity contribution in [3.8, 4) is 0 Å². The molecule has 0 unspecified atom stereocenters. The molecule has 0 N–H and O–H groups in total. The first-order chi connectivity index (χ1) is 41.1. The quantitative estimate of drug-likeness (QED) is 0.0654. The van der Waals surface area contributed by atoms with Gasteiger partial charge in [0.2, 0.25) is 0 Å². The van der Waals surface area contributed by atoms with Crippen molar-refractivity contribution in [2.24, 2.45) is 30.7 Å². The average Bonchev–Trinajstić information content (AvgIpc) is 1.74. The Labute approximate surface area is 467 Å². The largest absolute Gasteiger partial charge is 0.334 e. The summed E-state index contributed by atoms with van der Waals surface area (Å²) < 4.78 is 8.20. The van der Waals surface area contributed by atoms with Crippen molar-refractivity contribution in [2.45, 2.75) is 26.2 Å². The monoisotopic (exact) mass is 1080 g/mol. The first-order valence-corrected chi connectivity index (χ1v) is 25.9. The number of hydrogen-bond donors (Lipinski definition) is 0. The minimum absolute atomic E-state index is 0.0908. The Kier molecular flexibility index (Phi) is 12.8. The van der Waals surface area contributed by atoms with Gasteiger partial charge in [-0.1, -0.05) is 140 Å². The highest BCUT2D eigenvalue weighted by atomic mass is 15.3. The van der Waals surface area contributed by atoms with Gasteiger partial charge in [0.25, 0.3) is 0 Å². The lowest BCUT2D eigenvalue weighted by Gasteiger charge is -2.34. The second-order valence-corrected chi connectivity index (χ2v) is 19.2. The van der Waals surface area contributed by atoms with Gasteiger partial charge in [-0.2, -0.15) is 0 Å². The SMILES string of the molecule is [N-]=[N+]=N/C=C/N1c2ccccc2Cc2c1c1c3ccccc3n(/C=C/N=[N+]=[N-])c1c1c3ccccc3n(/C=C/N=[N+]=[N-])c21.[N-]=[N+]=NCN1c2ccccc2Cc2c1c1c3ccccc3n(CN=[N+]=[N-])c1c1c3ccccc3n(CN=[N+]=[N-])c21. The van der Waals surface area contributed by atoms with E-state index in [2.05, 4.69) is 115 Å². The van der Waals surface area contributed by atoms with Crippen LogP contribution in [0.2, 0.25) is 0 Å². The van der Waals surface area contributed by atoms with Gasteiger partial charge in [0.15, 0.2) is 0 Å². The summed E-state index contributed by atoms with van der Waals surface area (Å²) in [5.41, 5.74) is 70.5. The molecule has 396 valence electrons. The molecule has 0 bridgehead atoms. The van der Waals surface area contributed by atoms with E-state index < -0.39 is 0 Å². The minimum Gasteiger partial charge on any atom is -0.334 e. The van der Waals surface area contributed by atoms with Crippen LogP contribution in [0.5, 0.6) is 0 Å². The van der Waals surface area contributed by atoms with Crippen molar-refractivity contribution >= 4 is 122 Å². The molecular weight excluding hydrogens is 1040 g/mol. The molecular formula is C59H40N24. The normalized spacial score (nSPS) is 12.4. The highest BCUT2D eigenvalue weighted by Crippen LogP contribution is 2.54. The summed E-state index contributed by atoms with van der Waals surface area (Å²) in [7, 11) is 0. The van der Waals surface area contributed by atoms with Crippen LogP contribution in [-0.2, 0) is 26.2 Å². The Bertz CT molecular complexity index is 5150. The third-order valence-electron chi connectivity index (χ3n) is 15.4. The van der Waals surface area contributed by atoms with Gasteiger partial charge in [0, 0.05) is 156 Å². The lowest BCUT2D eigenvalue weighted by atomic mass is 9.90. The van der Waals surface area contributed by atoms with Crippen LogP contribution < -0.4 is 9.80 Å². The fourth-order valence-corrected chi connectivity index (χ4v) is 12.6. The van der Waals surface area contributed by atoms with E-state index in [-0.39, 0.29) is 20.0 Å². The van der Waals surface area contributed by atoms with Crippen LogP contribution >= 0.6 is 0 Å². The molecule has 14 rings (SSSR count). The summed E-state index contributed by atoms with van der Waals surface area (Å²) in [5, 5.41) is 31.0. The Morgan fingerprint density at radius 1 is 0.373 bits per heavy atom. The van der Waals surface area contributed by atoms with Crippen molar-refractivity contribution in [3.63, 3.8) is 0 Å². The number of hydrogen-bond acceptors (Lipinski definition) is 8. The number of rotatable bonds is 12. The van der Waals surface area contributed by atoms with Gasteiger partial charge in [-0.3, -0.25) is 0 Å². The Morgan fingerprint density at radius 3 is 1.36 bits per heavy atom. The predicted octanol–water partition coefficient (Wildman–Crippen LogP) is 19.0. The van der Waals surface area contributed by atoms with E-state index in [9.17, 15) is 16.6 Å². The number of para-hydroxylation sites is 6. The molecule has 4 aromatic heterocycles. The highest BCUT2D eigenvalue weighted by Gasteiger charge is 2.34. The van der Waals surface area contributed by atoms with Crippen LogP contribution in [-0.4, -0.2) is 24.9 Å². The first-order valence-electron chi connectivity index (χ1n) is 25.9. The molecule has 2 aliphatic heterocycles. The average molecular weight is 1090 g/mol. The number of aromatic nitrogens is 4. The van der Waals surface area contributed by atoms with Crippen LogP contribution in [0.3, 0.4) is 0 Å². The second-order valence-electron chi connectivity index (χ2n) is 19.2. The molecule has 0 aliphatic carbocycles.